The minimum atomic E-state index is -3.95. The zero-order valence-electron chi connectivity index (χ0n) is 19.5. The topological polar surface area (TPSA) is 96.0 Å². The molecule has 5 unspecified atom stereocenters. The van der Waals surface area contributed by atoms with Gasteiger partial charge in [-0.3, -0.25) is 0 Å². The zero-order chi connectivity index (χ0) is 24.9. The van der Waals surface area contributed by atoms with Crippen LogP contribution in [0.2, 0.25) is 0 Å². The number of esters is 2. The molecule has 0 spiro atoms. The van der Waals surface area contributed by atoms with Crippen molar-refractivity contribution in [1.29, 1.82) is 0 Å². The predicted octanol–water partition coefficient (Wildman–Crippen LogP) is 4.20. The van der Waals surface area contributed by atoms with E-state index in [1.54, 1.807) is 74.5 Å². The molecule has 8 heteroatoms. The quantitative estimate of drug-likeness (QED) is 0.408. The van der Waals surface area contributed by atoms with E-state index in [9.17, 15) is 18.0 Å². The van der Waals surface area contributed by atoms with Crippen molar-refractivity contribution >= 4 is 21.8 Å². The summed E-state index contributed by atoms with van der Waals surface area (Å²) in [5.74, 6) is -2.14. The van der Waals surface area contributed by atoms with Crippen LogP contribution in [0.25, 0.3) is 0 Å². The van der Waals surface area contributed by atoms with Crippen LogP contribution in [0.15, 0.2) is 72.8 Å². The Kier molecular flexibility index (Phi) is 8.28. The fraction of sp³-hybridized carbons (Fsp3) is 0.385. The fourth-order valence-corrected chi connectivity index (χ4v) is 5.83. The summed E-state index contributed by atoms with van der Waals surface area (Å²) in [6, 6.07) is 16.6. The molecule has 1 fully saturated rings. The van der Waals surface area contributed by atoms with E-state index in [0.29, 0.717) is 17.6 Å². The van der Waals surface area contributed by atoms with E-state index in [1.807, 2.05) is 6.92 Å². The van der Waals surface area contributed by atoms with Crippen LogP contribution in [0.1, 0.15) is 47.9 Å². The Labute approximate surface area is 200 Å². The van der Waals surface area contributed by atoms with E-state index in [4.69, 9.17) is 14.2 Å². The average Bonchev–Trinajstić information content (AvgIpc) is 2.81. The average molecular weight is 487 g/mol. The van der Waals surface area contributed by atoms with E-state index in [2.05, 4.69) is 6.58 Å². The van der Waals surface area contributed by atoms with Crippen molar-refractivity contribution in [3.8, 4) is 0 Å². The minimum Gasteiger partial charge on any atom is -0.454 e. The molecule has 0 bridgehead atoms. The lowest BCUT2D eigenvalue weighted by molar-refractivity contribution is -0.173. The summed E-state index contributed by atoms with van der Waals surface area (Å²) in [5, 5.41) is 0. The van der Waals surface area contributed by atoms with E-state index >= 15 is 0 Å². The third-order valence-corrected chi connectivity index (χ3v) is 7.70. The monoisotopic (exact) mass is 486 g/mol. The number of sulfone groups is 1. The largest absolute Gasteiger partial charge is 0.454 e. The van der Waals surface area contributed by atoms with Gasteiger partial charge < -0.3 is 14.2 Å². The molecule has 0 radical (unpaired) electrons. The molecule has 182 valence electrons. The van der Waals surface area contributed by atoms with Gasteiger partial charge >= 0.3 is 11.9 Å². The van der Waals surface area contributed by atoms with Gasteiger partial charge in [0, 0.05) is 5.92 Å². The smallest absolute Gasteiger partial charge is 0.338 e. The lowest BCUT2D eigenvalue weighted by atomic mass is 9.89. The molecule has 1 aliphatic rings. The molecule has 0 N–H and O–H groups in total. The first kappa shape index (κ1) is 25.6. The molecule has 2 aromatic rings. The van der Waals surface area contributed by atoms with Crippen molar-refractivity contribution in [2.45, 2.75) is 50.9 Å². The number of benzene rings is 2. The van der Waals surface area contributed by atoms with Gasteiger partial charge in [-0.15, -0.1) is 0 Å². The molecule has 0 amide bonds. The standard InChI is InChI=1S/C26H30O7S/c1-5-21-18(4)22(32-24(27)19-12-8-6-9-13-19)23(26(31-21)34(29,30)16-17(2)3)33-25(28)20-14-10-7-11-15-20/h6-15,18,21-23,26H,2,5,16H2,1,3-4H3. The van der Waals surface area contributed by atoms with E-state index in [0.717, 1.165) is 0 Å². The van der Waals surface area contributed by atoms with Gasteiger partial charge in [0.2, 0.25) is 0 Å². The van der Waals surface area contributed by atoms with Crippen LogP contribution in [-0.2, 0) is 24.0 Å². The lowest BCUT2D eigenvalue weighted by Gasteiger charge is -2.44. The second-order valence-corrected chi connectivity index (χ2v) is 10.6. The second kappa shape index (κ2) is 11.0. The van der Waals surface area contributed by atoms with Crippen LogP contribution in [-0.4, -0.2) is 49.9 Å². The van der Waals surface area contributed by atoms with Crippen molar-refractivity contribution in [3.63, 3.8) is 0 Å². The summed E-state index contributed by atoms with van der Waals surface area (Å²) >= 11 is 0. The fourth-order valence-electron chi connectivity index (χ4n) is 4.05. The Morgan fingerprint density at radius 2 is 1.38 bits per heavy atom. The van der Waals surface area contributed by atoms with E-state index in [-0.39, 0.29) is 11.3 Å². The molecular weight excluding hydrogens is 456 g/mol. The number of ether oxygens (including phenoxy) is 3. The van der Waals surface area contributed by atoms with Crippen LogP contribution in [0.5, 0.6) is 0 Å². The number of hydrogen-bond acceptors (Lipinski definition) is 7. The van der Waals surface area contributed by atoms with Crippen LogP contribution >= 0.6 is 0 Å². The van der Waals surface area contributed by atoms with Crippen molar-refractivity contribution in [2.24, 2.45) is 5.92 Å². The first-order chi connectivity index (χ1) is 16.1. The third kappa shape index (κ3) is 5.93. The normalized spacial score (nSPS) is 24.7. The van der Waals surface area contributed by atoms with Gasteiger partial charge in [-0.05, 0) is 37.6 Å². The number of rotatable bonds is 8. The van der Waals surface area contributed by atoms with Gasteiger partial charge in [0.15, 0.2) is 21.4 Å². The number of carbonyl (C=O) groups is 2. The Morgan fingerprint density at radius 1 is 0.912 bits per heavy atom. The van der Waals surface area contributed by atoms with Crippen LogP contribution < -0.4 is 0 Å². The summed E-state index contributed by atoms with van der Waals surface area (Å²) in [6.45, 7) is 8.95. The maximum atomic E-state index is 13.3. The molecule has 1 heterocycles. The summed E-state index contributed by atoms with van der Waals surface area (Å²) in [6.07, 6.45) is -2.43. The summed E-state index contributed by atoms with van der Waals surface area (Å²) in [5.41, 5.74) is -0.534. The van der Waals surface area contributed by atoms with Gasteiger partial charge in [0.05, 0.1) is 23.0 Å². The van der Waals surface area contributed by atoms with Gasteiger partial charge in [-0.2, -0.15) is 0 Å². The maximum Gasteiger partial charge on any atom is 0.338 e. The zero-order valence-corrected chi connectivity index (χ0v) is 20.4. The molecule has 5 atom stereocenters. The lowest BCUT2D eigenvalue weighted by Crippen LogP contribution is -2.59. The molecule has 2 aromatic carbocycles. The highest BCUT2D eigenvalue weighted by atomic mass is 32.2. The van der Waals surface area contributed by atoms with Crippen molar-refractivity contribution in [3.05, 3.63) is 83.9 Å². The Bertz CT molecular complexity index is 1110. The molecule has 3 rings (SSSR count). The first-order valence-corrected chi connectivity index (χ1v) is 12.9. The van der Waals surface area contributed by atoms with Crippen molar-refractivity contribution in [1.82, 2.24) is 0 Å². The molecule has 0 aliphatic carbocycles. The first-order valence-electron chi connectivity index (χ1n) is 11.2. The van der Waals surface area contributed by atoms with Gasteiger partial charge in [0.25, 0.3) is 0 Å². The highest BCUT2D eigenvalue weighted by molar-refractivity contribution is 7.92. The molecular formula is C26H30O7S. The molecule has 0 saturated carbocycles. The minimum absolute atomic E-state index is 0.247. The molecule has 0 aromatic heterocycles. The Morgan fingerprint density at radius 3 is 1.82 bits per heavy atom. The second-order valence-electron chi connectivity index (χ2n) is 8.55. The number of hydrogen-bond donors (Lipinski definition) is 0. The van der Waals surface area contributed by atoms with E-state index < -0.39 is 51.4 Å². The summed E-state index contributed by atoms with van der Waals surface area (Å²) in [4.78, 5) is 25.9. The summed E-state index contributed by atoms with van der Waals surface area (Å²) in [7, 11) is -3.95. The predicted molar refractivity (Wildman–Crippen MR) is 128 cm³/mol. The SMILES string of the molecule is C=C(C)CS(=O)(=O)C1OC(CC)C(C)C(OC(=O)c2ccccc2)C1OC(=O)c1ccccc1. The molecule has 1 aliphatic heterocycles. The molecule has 1 saturated heterocycles. The highest BCUT2D eigenvalue weighted by Crippen LogP contribution is 2.35. The van der Waals surface area contributed by atoms with Gasteiger partial charge in [-0.1, -0.05) is 62.4 Å². The van der Waals surface area contributed by atoms with Crippen LogP contribution in [0.3, 0.4) is 0 Å². The summed E-state index contributed by atoms with van der Waals surface area (Å²) < 4.78 is 44.1. The number of carbonyl (C=O) groups excluding carboxylic acids is 2. The van der Waals surface area contributed by atoms with Crippen molar-refractivity contribution in [2.75, 3.05) is 5.75 Å². The molecule has 34 heavy (non-hydrogen) atoms. The molecule has 7 nitrogen and oxygen atoms in total. The van der Waals surface area contributed by atoms with Crippen molar-refractivity contribution < 1.29 is 32.2 Å². The van der Waals surface area contributed by atoms with Gasteiger partial charge in [0.1, 0.15) is 6.10 Å². The van der Waals surface area contributed by atoms with Crippen LogP contribution in [0.4, 0.5) is 0 Å². The Balaban J connectivity index is 2.01. The maximum absolute atomic E-state index is 13.3. The van der Waals surface area contributed by atoms with E-state index in [1.165, 1.54) is 0 Å². The van der Waals surface area contributed by atoms with Crippen LogP contribution in [0, 0.1) is 5.92 Å². The van der Waals surface area contributed by atoms with Gasteiger partial charge in [-0.25, -0.2) is 18.0 Å². The highest BCUT2D eigenvalue weighted by Gasteiger charge is 2.52. The Hall–Kier alpha value is -2.97. The third-order valence-electron chi connectivity index (χ3n) is 5.71.